The predicted octanol–water partition coefficient (Wildman–Crippen LogP) is 6.93. The van der Waals surface area contributed by atoms with E-state index in [9.17, 15) is 9.18 Å². The number of aromatic nitrogens is 2. The summed E-state index contributed by atoms with van der Waals surface area (Å²) in [7, 11) is 0. The van der Waals surface area contributed by atoms with Crippen LogP contribution >= 0.6 is 23.5 Å². The molecule has 0 aliphatic heterocycles. The summed E-state index contributed by atoms with van der Waals surface area (Å²) < 4.78 is 13.2. The Kier molecular flexibility index (Phi) is 7.42. The van der Waals surface area contributed by atoms with Gasteiger partial charge in [-0.15, -0.1) is 0 Å². The van der Waals surface area contributed by atoms with Gasteiger partial charge in [0.15, 0.2) is 5.16 Å². The molecule has 1 aromatic heterocycles. The average Bonchev–Trinajstić information content (AvgIpc) is 2.82. The van der Waals surface area contributed by atoms with Crippen LogP contribution in [0, 0.1) is 19.7 Å². The highest BCUT2D eigenvalue weighted by Gasteiger charge is 2.17. The molecule has 3 aromatic carbocycles. The molecular formula is C26H22FN3OS2. The Morgan fingerprint density at radius 2 is 1.73 bits per heavy atom. The molecule has 0 atom stereocenters. The zero-order chi connectivity index (χ0) is 23.2. The third-order valence-electron chi connectivity index (χ3n) is 4.97. The first kappa shape index (κ1) is 23.0. The van der Waals surface area contributed by atoms with Gasteiger partial charge in [0.25, 0.3) is 5.91 Å². The molecule has 0 fully saturated rings. The zero-order valence-corrected chi connectivity index (χ0v) is 19.8. The molecule has 33 heavy (non-hydrogen) atoms. The van der Waals surface area contributed by atoms with E-state index in [0.717, 1.165) is 27.3 Å². The molecule has 1 N–H and O–H groups in total. The van der Waals surface area contributed by atoms with E-state index in [2.05, 4.69) is 15.3 Å². The van der Waals surface area contributed by atoms with Crippen molar-refractivity contribution in [2.45, 2.75) is 34.5 Å². The highest BCUT2D eigenvalue weighted by Crippen LogP contribution is 2.31. The summed E-state index contributed by atoms with van der Waals surface area (Å²) in [5.41, 5.74) is 4.25. The van der Waals surface area contributed by atoms with Crippen molar-refractivity contribution in [3.05, 3.63) is 107 Å². The minimum absolute atomic E-state index is 0.271. The fourth-order valence-corrected chi connectivity index (χ4v) is 4.67. The van der Waals surface area contributed by atoms with Crippen LogP contribution in [0.3, 0.4) is 0 Å². The number of benzene rings is 3. The molecule has 0 spiro atoms. The lowest BCUT2D eigenvalue weighted by molar-refractivity contribution is 0.101. The maximum atomic E-state index is 13.2. The number of halogens is 1. The van der Waals surface area contributed by atoms with Gasteiger partial charge in [-0.1, -0.05) is 59.9 Å². The summed E-state index contributed by atoms with van der Waals surface area (Å²) in [5.74, 6) is 0.0132. The molecule has 166 valence electrons. The van der Waals surface area contributed by atoms with Gasteiger partial charge in [-0.2, -0.15) is 0 Å². The first-order valence-corrected chi connectivity index (χ1v) is 12.1. The lowest BCUT2D eigenvalue weighted by atomic mass is 10.1. The molecule has 0 bridgehead atoms. The van der Waals surface area contributed by atoms with Gasteiger partial charge in [-0.25, -0.2) is 14.4 Å². The molecule has 4 aromatic rings. The maximum Gasteiger partial charge on any atom is 0.275 e. The molecule has 0 unspecified atom stereocenters. The molecular weight excluding hydrogens is 453 g/mol. The van der Waals surface area contributed by atoms with E-state index in [0.29, 0.717) is 21.5 Å². The topological polar surface area (TPSA) is 54.9 Å². The number of rotatable bonds is 7. The minimum atomic E-state index is -0.289. The standard InChI is InChI=1S/C26H22FN3OS2/c1-17-8-13-21(14-18(17)2)29-25(31)24-23(33-22-6-4-3-5-7-22)15-28-26(30-24)32-16-19-9-11-20(27)12-10-19/h3-15H,16H2,1-2H3,(H,29,31). The fraction of sp³-hybridized carbons (Fsp3) is 0.115. The lowest BCUT2D eigenvalue weighted by Crippen LogP contribution is -2.16. The van der Waals surface area contributed by atoms with E-state index in [1.807, 2.05) is 62.4 Å². The Morgan fingerprint density at radius 1 is 0.970 bits per heavy atom. The number of anilines is 1. The van der Waals surface area contributed by atoms with Crippen LogP contribution in [0.2, 0.25) is 0 Å². The first-order chi connectivity index (χ1) is 16.0. The molecule has 0 aliphatic carbocycles. The largest absolute Gasteiger partial charge is 0.321 e. The van der Waals surface area contributed by atoms with Crippen LogP contribution < -0.4 is 5.32 Å². The fourth-order valence-electron chi connectivity index (χ4n) is 3.01. The van der Waals surface area contributed by atoms with Crippen molar-refractivity contribution in [2.75, 3.05) is 5.32 Å². The van der Waals surface area contributed by atoms with Gasteiger partial charge in [0.2, 0.25) is 0 Å². The molecule has 4 nitrogen and oxygen atoms in total. The van der Waals surface area contributed by atoms with Crippen molar-refractivity contribution in [3.8, 4) is 0 Å². The van der Waals surface area contributed by atoms with Gasteiger partial charge in [-0.05, 0) is 66.9 Å². The summed E-state index contributed by atoms with van der Waals surface area (Å²) in [4.78, 5) is 23.9. The monoisotopic (exact) mass is 475 g/mol. The molecule has 0 radical (unpaired) electrons. The SMILES string of the molecule is Cc1ccc(NC(=O)c2nc(SCc3ccc(F)cc3)ncc2Sc2ccccc2)cc1C. The smallest absolute Gasteiger partial charge is 0.275 e. The van der Waals surface area contributed by atoms with E-state index in [1.165, 1.54) is 35.7 Å². The molecule has 0 saturated carbocycles. The van der Waals surface area contributed by atoms with E-state index < -0.39 is 0 Å². The number of hydrogen-bond acceptors (Lipinski definition) is 5. The summed E-state index contributed by atoms with van der Waals surface area (Å²) in [6.45, 7) is 4.04. The second kappa shape index (κ2) is 10.6. The Bertz CT molecular complexity index is 1260. The number of hydrogen-bond donors (Lipinski definition) is 1. The van der Waals surface area contributed by atoms with Gasteiger partial charge in [0, 0.05) is 22.5 Å². The Labute approximate surface area is 201 Å². The number of nitrogens with one attached hydrogen (secondary N) is 1. The predicted molar refractivity (Wildman–Crippen MR) is 132 cm³/mol. The van der Waals surface area contributed by atoms with E-state index in [-0.39, 0.29) is 11.7 Å². The van der Waals surface area contributed by atoms with Crippen molar-refractivity contribution in [1.82, 2.24) is 9.97 Å². The third-order valence-corrected chi connectivity index (χ3v) is 6.92. The van der Waals surface area contributed by atoms with Crippen LogP contribution in [0.25, 0.3) is 0 Å². The van der Waals surface area contributed by atoms with Crippen LogP contribution in [0.1, 0.15) is 27.2 Å². The quantitative estimate of drug-likeness (QED) is 0.232. The van der Waals surface area contributed by atoms with Crippen molar-refractivity contribution in [3.63, 3.8) is 0 Å². The number of carbonyl (C=O) groups is 1. The van der Waals surface area contributed by atoms with Crippen molar-refractivity contribution >= 4 is 35.1 Å². The average molecular weight is 476 g/mol. The van der Waals surface area contributed by atoms with E-state index in [4.69, 9.17) is 0 Å². The molecule has 7 heteroatoms. The van der Waals surface area contributed by atoms with Crippen LogP contribution in [-0.4, -0.2) is 15.9 Å². The second-order valence-corrected chi connectivity index (χ2v) is 9.51. The molecule has 4 rings (SSSR count). The zero-order valence-electron chi connectivity index (χ0n) is 18.2. The normalized spacial score (nSPS) is 10.8. The summed E-state index contributed by atoms with van der Waals surface area (Å²) in [6.07, 6.45) is 1.69. The Morgan fingerprint density at radius 3 is 2.45 bits per heavy atom. The minimum Gasteiger partial charge on any atom is -0.321 e. The van der Waals surface area contributed by atoms with Crippen LogP contribution in [-0.2, 0) is 5.75 Å². The Hall–Kier alpha value is -3.16. The van der Waals surface area contributed by atoms with Gasteiger partial charge >= 0.3 is 0 Å². The van der Waals surface area contributed by atoms with Crippen molar-refractivity contribution in [2.24, 2.45) is 0 Å². The van der Waals surface area contributed by atoms with Crippen molar-refractivity contribution < 1.29 is 9.18 Å². The van der Waals surface area contributed by atoms with E-state index >= 15 is 0 Å². The maximum absolute atomic E-state index is 13.2. The van der Waals surface area contributed by atoms with Crippen LogP contribution in [0.5, 0.6) is 0 Å². The second-order valence-electron chi connectivity index (χ2n) is 7.45. The number of amides is 1. The third kappa shape index (κ3) is 6.21. The number of carbonyl (C=O) groups excluding carboxylic acids is 1. The van der Waals surface area contributed by atoms with Gasteiger partial charge < -0.3 is 5.32 Å². The molecule has 1 heterocycles. The number of aryl methyl sites for hydroxylation is 2. The Balaban J connectivity index is 1.59. The molecule has 1 amide bonds. The molecule has 0 saturated heterocycles. The number of thioether (sulfide) groups is 1. The summed E-state index contributed by atoms with van der Waals surface area (Å²) in [6, 6.07) is 21.9. The van der Waals surface area contributed by atoms with Gasteiger partial charge in [0.1, 0.15) is 11.5 Å². The first-order valence-electron chi connectivity index (χ1n) is 10.3. The van der Waals surface area contributed by atoms with Gasteiger partial charge in [-0.3, -0.25) is 4.79 Å². The van der Waals surface area contributed by atoms with Crippen LogP contribution in [0.4, 0.5) is 10.1 Å². The highest BCUT2D eigenvalue weighted by molar-refractivity contribution is 7.99. The van der Waals surface area contributed by atoms with Crippen molar-refractivity contribution in [1.29, 1.82) is 0 Å². The van der Waals surface area contributed by atoms with E-state index in [1.54, 1.807) is 18.3 Å². The van der Waals surface area contributed by atoms with Crippen LogP contribution in [0.15, 0.2) is 93.9 Å². The number of nitrogens with zero attached hydrogens (tertiary/aromatic N) is 2. The summed E-state index contributed by atoms with van der Waals surface area (Å²) >= 11 is 2.85. The lowest BCUT2D eigenvalue weighted by Gasteiger charge is -2.11. The summed E-state index contributed by atoms with van der Waals surface area (Å²) in [5, 5.41) is 3.45. The van der Waals surface area contributed by atoms with Gasteiger partial charge in [0.05, 0.1) is 4.90 Å². The highest BCUT2D eigenvalue weighted by atomic mass is 32.2. The molecule has 0 aliphatic rings.